The highest BCUT2D eigenvalue weighted by atomic mass is 16.2. The lowest BCUT2D eigenvalue weighted by atomic mass is 9.86. The van der Waals surface area contributed by atoms with Crippen LogP contribution in [0.5, 0.6) is 0 Å². The number of nitrogens with one attached hydrogen (secondary N) is 1. The molecule has 1 aliphatic rings. The summed E-state index contributed by atoms with van der Waals surface area (Å²) in [7, 11) is 0. The molecule has 1 aliphatic heterocycles. The van der Waals surface area contributed by atoms with Gasteiger partial charge in [0.25, 0.3) is 11.5 Å². The van der Waals surface area contributed by atoms with Crippen LogP contribution in [-0.2, 0) is 15.0 Å². The van der Waals surface area contributed by atoms with Crippen LogP contribution in [-0.4, -0.2) is 26.8 Å². The van der Waals surface area contributed by atoms with Gasteiger partial charge in [-0.3, -0.25) is 19.7 Å². The van der Waals surface area contributed by atoms with Crippen molar-refractivity contribution in [2.24, 2.45) is 0 Å². The lowest BCUT2D eigenvalue weighted by Gasteiger charge is -2.22. The van der Waals surface area contributed by atoms with Gasteiger partial charge < -0.3 is 0 Å². The Morgan fingerprint density at radius 2 is 1.96 bits per heavy atom. The van der Waals surface area contributed by atoms with Crippen molar-refractivity contribution in [3.63, 3.8) is 0 Å². The number of carbonyl (C=O) groups excluding carboxylic acids is 2. The summed E-state index contributed by atoms with van der Waals surface area (Å²) >= 11 is 0. The van der Waals surface area contributed by atoms with E-state index in [-0.39, 0.29) is 29.7 Å². The number of piperidine rings is 1. The minimum Gasteiger partial charge on any atom is -0.295 e. The molecule has 0 bridgehead atoms. The second kappa shape index (κ2) is 5.26. The Kier molecular flexibility index (Phi) is 3.50. The van der Waals surface area contributed by atoms with E-state index in [0.29, 0.717) is 10.9 Å². The van der Waals surface area contributed by atoms with Crippen LogP contribution in [0.3, 0.4) is 0 Å². The average Bonchev–Trinajstić information content (AvgIpc) is 2.47. The van der Waals surface area contributed by atoms with E-state index in [2.05, 4.69) is 36.4 Å². The molecular formula is C16H18N4O3. The average molecular weight is 314 g/mol. The first-order valence-electron chi connectivity index (χ1n) is 7.51. The molecule has 1 aromatic heterocycles. The van der Waals surface area contributed by atoms with E-state index < -0.39 is 11.9 Å². The molecule has 1 fully saturated rings. The molecule has 1 atom stereocenters. The minimum absolute atomic E-state index is 0.108. The van der Waals surface area contributed by atoms with Crippen LogP contribution in [0.25, 0.3) is 10.9 Å². The van der Waals surface area contributed by atoms with Gasteiger partial charge in [0.15, 0.2) is 0 Å². The molecule has 23 heavy (non-hydrogen) atoms. The number of hydrogen-bond acceptors (Lipinski definition) is 5. The number of benzene rings is 1. The van der Waals surface area contributed by atoms with E-state index in [1.54, 1.807) is 12.1 Å². The maximum Gasteiger partial charge on any atom is 0.278 e. The zero-order valence-electron chi connectivity index (χ0n) is 13.3. The summed E-state index contributed by atoms with van der Waals surface area (Å²) in [6.45, 7) is 6.17. The van der Waals surface area contributed by atoms with Gasteiger partial charge in [-0.2, -0.15) is 4.68 Å². The fourth-order valence-electron chi connectivity index (χ4n) is 2.64. The largest absolute Gasteiger partial charge is 0.295 e. The SMILES string of the molecule is CC(C)(C)c1ccc2nnn(C3CCC(=O)NC3=O)c(=O)c2c1. The summed E-state index contributed by atoms with van der Waals surface area (Å²) in [5, 5.41) is 10.6. The molecule has 0 saturated carbocycles. The molecule has 2 heterocycles. The molecule has 0 radical (unpaired) electrons. The quantitative estimate of drug-likeness (QED) is 0.795. The summed E-state index contributed by atoms with van der Waals surface area (Å²) in [5.74, 6) is -0.841. The molecule has 7 heteroatoms. The molecule has 120 valence electrons. The van der Waals surface area contributed by atoms with Gasteiger partial charge in [-0.05, 0) is 29.5 Å². The number of hydrogen-bond donors (Lipinski definition) is 1. The van der Waals surface area contributed by atoms with E-state index in [9.17, 15) is 14.4 Å². The van der Waals surface area contributed by atoms with Crippen LogP contribution >= 0.6 is 0 Å². The number of rotatable bonds is 1. The van der Waals surface area contributed by atoms with Crippen LogP contribution in [0, 0.1) is 0 Å². The van der Waals surface area contributed by atoms with Gasteiger partial charge in [-0.15, -0.1) is 5.10 Å². The molecule has 0 aliphatic carbocycles. The van der Waals surface area contributed by atoms with Crippen molar-refractivity contribution >= 4 is 22.7 Å². The monoisotopic (exact) mass is 314 g/mol. The van der Waals surface area contributed by atoms with Crippen molar-refractivity contribution in [1.82, 2.24) is 20.3 Å². The lowest BCUT2D eigenvalue weighted by molar-refractivity contribution is -0.136. The predicted octanol–water partition coefficient (Wildman–Crippen LogP) is 1.07. The maximum atomic E-state index is 12.7. The maximum absolute atomic E-state index is 12.7. The highest BCUT2D eigenvalue weighted by Gasteiger charge is 2.30. The van der Waals surface area contributed by atoms with E-state index >= 15 is 0 Å². The third kappa shape index (κ3) is 2.74. The molecular weight excluding hydrogens is 296 g/mol. The molecule has 7 nitrogen and oxygen atoms in total. The fraction of sp³-hybridized carbons (Fsp3) is 0.438. The summed E-state index contributed by atoms with van der Waals surface area (Å²) < 4.78 is 1.08. The van der Waals surface area contributed by atoms with E-state index in [1.165, 1.54) is 0 Å². The van der Waals surface area contributed by atoms with Crippen molar-refractivity contribution in [2.75, 3.05) is 0 Å². The topological polar surface area (TPSA) is 93.9 Å². The first kappa shape index (κ1) is 15.3. The Labute approximate surface area is 132 Å². The van der Waals surface area contributed by atoms with Crippen LogP contribution in [0.2, 0.25) is 0 Å². The smallest absolute Gasteiger partial charge is 0.278 e. The zero-order valence-corrected chi connectivity index (χ0v) is 13.3. The second-order valence-electron chi connectivity index (χ2n) is 6.79. The first-order chi connectivity index (χ1) is 10.8. The first-order valence-corrected chi connectivity index (χ1v) is 7.51. The van der Waals surface area contributed by atoms with Gasteiger partial charge in [0, 0.05) is 6.42 Å². The number of amides is 2. The van der Waals surface area contributed by atoms with Crippen LogP contribution < -0.4 is 10.9 Å². The third-order valence-corrected chi connectivity index (χ3v) is 4.06. The minimum atomic E-state index is -0.796. The lowest BCUT2D eigenvalue weighted by Crippen LogP contribution is -2.45. The standard InChI is InChI=1S/C16H18N4O3/c1-16(2,3)9-4-5-11-10(8-9)15(23)20(19-18-11)12-6-7-13(21)17-14(12)22/h4-5,8,12H,6-7H2,1-3H3,(H,17,21,22). The second-order valence-corrected chi connectivity index (χ2v) is 6.79. The number of imide groups is 1. The van der Waals surface area contributed by atoms with Crippen molar-refractivity contribution < 1.29 is 9.59 Å². The highest BCUT2D eigenvalue weighted by Crippen LogP contribution is 2.24. The number of fused-ring (bicyclic) bond motifs is 1. The fourth-order valence-corrected chi connectivity index (χ4v) is 2.64. The number of aromatic nitrogens is 3. The Hall–Kier alpha value is -2.57. The molecule has 1 saturated heterocycles. The van der Waals surface area contributed by atoms with Crippen molar-refractivity contribution in [2.45, 2.75) is 45.1 Å². The predicted molar refractivity (Wildman–Crippen MR) is 83.9 cm³/mol. The van der Waals surface area contributed by atoms with Crippen molar-refractivity contribution in [3.05, 3.63) is 34.1 Å². The molecule has 1 unspecified atom stereocenters. The molecule has 0 spiro atoms. The van der Waals surface area contributed by atoms with Crippen LogP contribution in [0.4, 0.5) is 0 Å². The van der Waals surface area contributed by atoms with Crippen molar-refractivity contribution in [3.8, 4) is 0 Å². The Bertz CT molecular complexity index is 864. The van der Waals surface area contributed by atoms with Gasteiger partial charge in [-0.25, -0.2) is 0 Å². The molecule has 3 rings (SSSR count). The molecule has 2 amide bonds. The molecule has 1 aromatic carbocycles. The van der Waals surface area contributed by atoms with Gasteiger partial charge in [0.2, 0.25) is 5.91 Å². The Morgan fingerprint density at radius 3 is 2.61 bits per heavy atom. The molecule has 2 aromatic rings. The van der Waals surface area contributed by atoms with Gasteiger partial charge >= 0.3 is 0 Å². The normalized spacial score (nSPS) is 19.0. The van der Waals surface area contributed by atoms with Gasteiger partial charge in [0.05, 0.1) is 5.39 Å². The van der Waals surface area contributed by atoms with E-state index in [1.807, 2.05) is 6.07 Å². The summed E-state index contributed by atoms with van der Waals surface area (Å²) in [6, 6.07) is 4.69. The molecule has 1 N–H and O–H groups in total. The van der Waals surface area contributed by atoms with E-state index in [4.69, 9.17) is 0 Å². The van der Waals surface area contributed by atoms with Crippen LogP contribution in [0.15, 0.2) is 23.0 Å². The van der Waals surface area contributed by atoms with Gasteiger partial charge in [-0.1, -0.05) is 32.1 Å². The zero-order chi connectivity index (χ0) is 16.8. The summed E-state index contributed by atoms with van der Waals surface area (Å²) in [4.78, 5) is 35.9. The van der Waals surface area contributed by atoms with Crippen molar-refractivity contribution in [1.29, 1.82) is 0 Å². The van der Waals surface area contributed by atoms with Gasteiger partial charge in [0.1, 0.15) is 11.6 Å². The van der Waals surface area contributed by atoms with Crippen LogP contribution in [0.1, 0.15) is 45.2 Å². The Morgan fingerprint density at radius 1 is 1.22 bits per heavy atom. The number of carbonyl (C=O) groups is 2. The number of nitrogens with zero attached hydrogens (tertiary/aromatic N) is 3. The third-order valence-electron chi connectivity index (χ3n) is 4.06. The van der Waals surface area contributed by atoms with E-state index in [0.717, 1.165) is 10.2 Å². The summed E-state index contributed by atoms with van der Waals surface area (Å²) in [6.07, 6.45) is 0.439. The highest BCUT2D eigenvalue weighted by molar-refractivity contribution is 5.99. The summed E-state index contributed by atoms with van der Waals surface area (Å²) in [5.41, 5.74) is 1.02. The Balaban J connectivity index is 2.13.